The third-order valence-corrected chi connectivity index (χ3v) is 3.95. The van der Waals surface area contributed by atoms with E-state index in [2.05, 4.69) is 6.58 Å². The van der Waals surface area contributed by atoms with Crippen molar-refractivity contribution in [2.24, 2.45) is 0 Å². The van der Waals surface area contributed by atoms with Gasteiger partial charge in [-0.05, 0) is 48.2 Å². The summed E-state index contributed by atoms with van der Waals surface area (Å²) in [6, 6.07) is 10.9. The Kier molecular flexibility index (Phi) is 9.27. The summed E-state index contributed by atoms with van der Waals surface area (Å²) in [6.45, 7) is 4.16. The highest BCUT2D eigenvalue weighted by Gasteiger charge is 2.07. The van der Waals surface area contributed by atoms with Gasteiger partial charge in [0.15, 0.2) is 11.6 Å². The van der Waals surface area contributed by atoms with Crippen molar-refractivity contribution in [3.8, 4) is 16.9 Å². The summed E-state index contributed by atoms with van der Waals surface area (Å²) in [7, 11) is 0. The van der Waals surface area contributed by atoms with E-state index in [0.717, 1.165) is 36.6 Å². The largest absolute Gasteiger partial charge is 0.494 e. The maximum Gasteiger partial charge on any atom is 0.330 e. The second kappa shape index (κ2) is 11.9. The molecule has 0 radical (unpaired) electrons. The number of hydrogen-bond donors (Lipinski definition) is 1. The number of ether oxygens (including phenoxy) is 3. The number of benzene rings is 2. The Labute approximate surface area is 168 Å². The van der Waals surface area contributed by atoms with Crippen molar-refractivity contribution in [3.05, 3.63) is 66.8 Å². The van der Waals surface area contributed by atoms with E-state index >= 15 is 0 Å². The van der Waals surface area contributed by atoms with Gasteiger partial charge in [-0.3, -0.25) is 0 Å². The molecule has 1 unspecified atom stereocenters. The van der Waals surface area contributed by atoms with Gasteiger partial charge in [-0.15, -0.1) is 0 Å². The van der Waals surface area contributed by atoms with E-state index in [9.17, 15) is 18.7 Å². The predicted molar refractivity (Wildman–Crippen MR) is 105 cm³/mol. The third kappa shape index (κ3) is 8.01. The fraction of sp³-hybridized carbons (Fsp3) is 0.318. The Balaban J connectivity index is 1.60. The lowest BCUT2D eigenvalue weighted by Gasteiger charge is -2.11. The van der Waals surface area contributed by atoms with Crippen molar-refractivity contribution in [2.75, 3.05) is 26.4 Å². The van der Waals surface area contributed by atoms with E-state index in [-0.39, 0.29) is 13.2 Å². The van der Waals surface area contributed by atoms with E-state index in [0.29, 0.717) is 24.5 Å². The fourth-order valence-corrected chi connectivity index (χ4v) is 2.42. The SMILES string of the molecule is C=CC(=O)OCC(O)COCCCCOc1ccc(-c2ccc(F)c(F)c2)cc1. The van der Waals surface area contributed by atoms with Crippen LogP contribution in [0.15, 0.2) is 55.1 Å². The van der Waals surface area contributed by atoms with Crippen LogP contribution in [-0.4, -0.2) is 43.6 Å². The Morgan fingerprint density at radius 2 is 1.69 bits per heavy atom. The average molecular weight is 406 g/mol. The zero-order valence-electron chi connectivity index (χ0n) is 16.0. The number of halogens is 2. The highest BCUT2D eigenvalue weighted by Crippen LogP contribution is 2.24. The molecule has 156 valence electrons. The molecule has 0 amide bonds. The molecule has 1 N–H and O–H groups in total. The van der Waals surface area contributed by atoms with Gasteiger partial charge in [0.25, 0.3) is 0 Å². The number of unbranched alkanes of at least 4 members (excludes halogenated alkanes) is 1. The second-order valence-electron chi connectivity index (χ2n) is 6.27. The summed E-state index contributed by atoms with van der Waals surface area (Å²) < 4.78 is 42.0. The highest BCUT2D eigenvalue weighted by atomic mass is 19.2. The molecule has 29 heavy (non-hydrogen) atoms. The number of aliphatic hydroxyl groups is 1. The van der Waals surface area contributed by atoms with Crippen molar-refractivity contribution in [3.63, 3.8) is 0 Å². The van der Waals surface area contributed by atoms with Gasteiger partial charge in [0.05, 0.1) is 13.2 Å². The second-order valence-corrected chi connectivity index (χ2v) is 6.27. The van der Waals surface area contributed by atoms with Crippen LogP contribution in [0.4, 0.5) is 8.78 Å². The molecule has 0 heterocycles. The third-order valence-electron chi connectivity index (χ3n) is 3.95. The van der Waals surface area contributed by atoms with Crippen LogP contribution in [0.3, 0.4) is 0 Å². The fourth-order valence-electron chi connectivity index (χ4n) is 2.42. The van der Waals surface area contributed by atoms with E-state index in [4.69, 9.17) is 14.2 Å². The molecule has 0 aromatic heterocycles. The van der Waals surface area contributed by atoms with Crippen molar-refractivity contribution < 1.29 is 32.9 Å². The summed E-state index contributed by atoms with van der Waals surface area (Å²) in [5.74, 6) is -1.66. The number of hydrogen-bond acceptors (Lipinski definition) is 5. The van der Waals surface area contributed by atoms with Gasteiger partial charge in [0.2, 0.25) is 0 Å². The van der Waals surface area contributed by atoms with Crippen LogP contribution >= 0.6 is 0 Å². The Bertz CT molecular complexity index is 792. The Morgan fingerprint density at radius 1 is 1.00 bits per heavy atom. The number of aliphatic hydroxyl groups excluding tert-OH is 1. The molecule has 7 heteroatoms. The first kappa shape index (κ1) is 22.5. The molecule has 2 aromatic rings. The number of carbonyl (C=O) groups excluding carboxylic acids is 1. The first-order valence-corrected chi connectivity index (χ1v) is 9.23. The smallest absolute Gasteiger partial charge is 0.330 e. The van der Waals surface area contributed by atoms with Crippen LogP contribution in [0.25, 0.3) is 11.1 Å². The van der Waals surface area contributed by atoms with Crippen LogP contribution in [0.5, 0.6) is 5.75 Å². The van der Waals surface area contributed by atoms with E-state index < -0.39 is 23.7 Å². The molecule has 0 aliphatic heterocycles. The lowest BCUT2D eigenvalue weighted by molar-refractivity contribution is -0.141. The standard InChI is InChI=1S/C22H24F2O5/c1-2-22(26)29-15-18(25)14-27-11-3-4-12-28-19-8-5-16(6-9-19)17-7-10-20(23)21(24)13-17/h2,5-10,13,18,25H,1,3-4,11-12,14-15H2. The molecule has 2 rings (SSSR count). The van der Waals surface area contributed by atoms with Gasteiger partial charge in [-0.25, -0.2) is 13.6 Å². The van der Waals surface area contributed by atoms with Crippen molar-refractivity contribution >= 4 is 5.97 Å². The van der Waals surface area contributed by atoms with Gasteiger partial charge in [0.1, 0.15) is 18.5 Å². The molecular formula is C22H24F2O5. The molecule has 0 bridgehead atoms. The van der Waals surface area contributed by atoms with Crippen molar-refractivity contribution in [1.82, 2.24) is 0 Å². The molecule has 5 nitrogen and oxygen atoms in total. The summed E-state index contributed by atoms with van der Waals surface area (Å²) >= 11 is 0. The van der Waals surface area contributed by atoms with E-state index in [1.165, 1.54) is 6.07 Å². The van der Waals surface area contributed by atoms with Gasteiger partial charge >= 0.3 is 5.97 Å². The minimum Gasteiger partial charge on any atom is -0.494 e. The lowest BCUT2D eigenvalue weighted by Crippen LogP contribution is -2.23. The maximum atomic E-state index is 13.3. The van der Waals surface area contributed by atoms with Gasteiger partial charge < -0.3 is 19.3 Å². The molecule has 1 atom stereocenters. The average Bonchev–Trinajstić information content (AvgIpc) is 2.73. The van der Waals surface area contributed by atoms with Crippen LogP contribution in [0.1, 0.15) is 12.8 Å². The Morgan fingerprint density at radius 3 is 2.38 bits per heavy atom. The van der Waals surface area contributed by atoms with Crippen LogP contribution in [-0.2, 0) is 14.3 Å². The highest BCUT2D eigenvalue weighted by molar-refractivity contribution is 5.81. The number of rotatable bonds is 12. The number of carbonyl (C=O) groups is 1. The summed E-state index contributed by atoms with van der Waals surface area (Å²) in [4.78, 5) is 10.9. The maximum absolute atomic E-state index is 13.3. The molecule has 0 spiro atoms. The monoisotopic (exact) mass is 406 g/mol. The Hall–Kier alpha value is -2.77. The summed E-state index contributed by atoms with van der Waals surface area (Å²) in [6.07, 6.45) is 1.66. The lowest BCUT2D eigenvalue weighted by atomic mass is 10.1. The van der Waals surface area contributed by atoms with Crippen molar-refractivity contribution in [2.45, 2.75) is 18.9 Å². The summed E-state index contributed by atoms with van der Waals surface area (Å²) in [5.41, 5.74) is 1.36. The van der Waals surface area contributed by atoms with Crippen LogP contribution in [0, 0.1) is 11.6 Å². The van der Waals surface area contributed by atoms with Crippen molar-refractivity contribution in [1.29, 1.82) is 0 Å². The first-order valence-electron chi connectivity index (χ1n) is 9.23. The van der Waals surface area contributed by atoms with Gasteiger partial charge in [-0.2, -0.15) is 0 Å². The van der Waals surface area contributed by atoms with Gasteiger partial charge in [-0.1, -0.05) is 24.8 Å². The van der Waals surface area contributed by atoms with E-state index in [1.807, 2.05) is 0 Å². The number of esters is 1. The molecule has 0 fully saturated rings. The molecule has 0 saturated carbocycles. The molecule has 0 saturated heterocycles. The topological polar surface area (TPSA) is 65.0 Å². The summed E-state index contributed by atoms with van der Waals surface area (Å²) in [5, 5.41) is 9.58. The van der Waals surface area contributed by atoms with Gasteiger partial charge in [0, 0.05) is 12.7 Å². The molecule has 0 aliphatic rings. The molecule has 0 aliphatic carbocycles. The minimum absolute atomic E-state index is 0.0801. The zero-order valence-corrected chi connectivity index (χ0v) is 16.0. The molecular weight excluding hydrogens is 382 g/mol. The van der Waals surface area contributed by atoms with E-state index in [1.54, 1.807) is 24.3 Å². The van der Waals surface area contributed by atoms with Crippen LogP contribution < -0.4 is 4.74 Å². The quantitative estimate of drug-likeness (QED) is 0.329. The minimum atomic E-state index is -0.879. The zero-order chi connectivity index (χ0) is 21.1. The normalized spacial score (nSPS) is 11.7. The van der Waals surface area contributed by atoms with Crippen LogP contribution in [0.2, 0.25) is 0 Å². The first-order chi connectivity index (χ1) is 14.0. The molecule has 2 aromatic carbocycles. The predicted octanol–water partition coefficient (Wildman–Crippen LogP) is 3.90.